The van der Waals surface area contributed by atoms with Gasteiger partial charge in [-0.2, -0.15) is 23.5 Å². The third kappa shape index (κ3) is 3.79. The second-order valence-corrected chi connectivity index (χ2v) is 7.55. The number of nitrogens with two attached hydrogens (primary N) is 1. The van der Waals surface area contributed by atoms with Gasteiger partial charge in [-0.25, -0.2) is 0 Å². The normalized spacial score (nSPS) is 30.4. The third-order valence-electron chi connectivity index (χ3n) is 4.20. The van der Waals surface area contributed by atoms with Gasteiger partial charge in [-0.05, 0) is 61.5 Å². The maximum atomic E-state index is 6.35. The van der Waals surface area contributed by atoms with Crippen molar-refractivity contribution in [2.24, 2.45) is 11.7 Å². The Morgan fingerprint density at radius 3 is 2.94 bits per heavy atom. The fraction of sp³-hybridized carbons (Fsp3) is 1.00. The molecule has 17 heavy (non-hydrogen) atoms. The Labute approximate surface area is 114 Å². The molecule has 100 valence electrons. The molecule has 0 aromatic heterocycles. The van der Waals surface area contributed by atoms with Crippen LogP contribution in [0.1, 0.15) is 32.1 Å². The number of hydrogen-bond donors (Lipinski definition) is 1. The first-order valence-corrected chi connectivity index (χ1v) is 9.27. The largest absolute Gasteiger partial charge is 0.375 e. The summed E-state index contributed by atoms with van der Waals surface area (Å²) in [6.45, 7) is 0.933. The highest BCUT2D eigenvalue weighted by Gasteiger charge is 2.40. The number of ether oxygens (including phenoxy) is 1. The highest BCUT2D eigenvalue weighted by molar-refractivity contribution is 7.99. The SMILES string of the molecule is CSCCC(N)C1CCOC2(CCSCC2)C1. The van der Waals surface area contributed by atoms with Gasteiger partial charge >= 0.3 is 0 Å². The summed E-state index contributed by atoms with van der Waals surface area (Å²) in [5.74, 6) is 4.43. The fourth-order valence-electron chi connectivity index (χ4n) is 3.01. The van der Waals surface area contributed by atoms with E-state index in [9.17, 15) is 0 Å². The number of rotatable bonds is 4. The lowest BCUT2D eigenvalue weighted by atomic mass is 9.78. The van der Waals surface area contributed by atoms with E-state index in [1.54, 1.807) is 0 Å². The molecule has 0 amide bonds. The summed E-state index contributed by atoms with van der Waals surface area (Å²) in [6, 6.07) is 0.387. The van der Waals surface area contributed by atoms with Gasteiger partial charge in [0, 0.05) is 12.6 Å². The van der Waals surface area contributed by atoms with Crippen LogP contribution < -0.4 is 5.73 Å². The minimum atomic E-state index is 0.200. The molecular formula is C13H25NOS2. The van der Waals surface area contributed by atoms with Crippen LogP contribution in [0.25, 0.3) is 0 Å². The Morgan fingerprint density at radius 2 is 2.24 bits per heavy atom. The standard InChI is InChI=1S/C13H25NOS2/c1-16-7-3-12(14)11-2-6-15-13(10-11)4-8-17-9-5-13/h11-12H,2-10,14H2,1H3. The van der Waals surface area contributed by atoms with Crippen LogP contribution in [-0.2, 0) is 4.74 Å². The van der Waals surface area contributed by atoms with E-state index in [0.29, 0.717) is 12.0 Å². The van der Waals surface area contributed by atoms with Gasteiger partial charge in [-0.3, -0.25) is 0 Å². The average Bonchev–Trinajstić information content (AvgIpc) is 2.37. The second kappa shape index (κ2) is 6.69. The van der Waals surface area contributed by atoms with E-state index >= 15 is 0 Å². The van der Waals surface area contributed by atoms with Crippen molar-refractivity contribution < 1.29 is 4.74 Å². The molecule has 2 fully saturated rings. The summed E-state index contributed by atoms with van der Waals surface area (Å²) in [5.41, 5.74) is 6.55. The lowest BCUT2D eigenvalue weighted by molar-refractivity contribution is -0.105. The van der Waals surface area contributed by atoms with Crippen molar-refractivity contribution in [1.82, 2.24) is 0 Å². The second-order valence-electron chi connectivity index (χ2n) is 5.34. The molecule has 0 aromatic rings. The van der Waals surface area contributed by atoms with E-state index in [0.717, 1.165) is 13.0 Å². The molecule has 2 rings (SSSR count). The van der Waals surface area contributed by atoms with Crippen LogP contribution in [0.4, 0.5) is 0 Å². The summed E-state index contributed by atoms with van der Waals surface area (Å²) in [6.07, 6.45) is 8.19. The molecule has 0 bridgehead atoms. The lowest BCUT2D eigenvalue weighted by Crippen LogP contribution is -2.47. The van der Waals surface area contributed by atoms with Crippen molar-refractivity contribution in [2.75, 3.05) is 30.1 Å². The lowest BCUT2D eigenvalue weighted by Gasteiger charge is -2.44. The first kappa shape index (κ1) is 14.0. The Morgan fingerprint density at radius 1 is 1.47 bits per heavy atom. The van der Waals surface area contributed by atoms with Crippen LogP contribution in [-0.4, -0.2) is 41.8 Å². The summed E-state index contributed by atoms with van der Waals surface area (Å²) in [5, 5.41) is 0. The van der Waals surface area contributed by atoms with Gasteiger partial charge in [-0.15, -0.1) is 0 Å². The summed E-state index contributed by atoms with van der Waals surface area (Å²) in [7, 11) is 0. The summed E-state index contributed by atoms with van der Waals surface area (Å²) >= 11 is 3.98. The first-order valence-electron chi connectivity index (χ1n) is 6.72. The van der Waals surface area contributed by atoms with Gasteiger partial charge in [0.1, 0.15) is 0 Å². The fourth-order valence-corrected chi connectivity index (χ4v) is 4.76. The van der Waals surface area contributed by atoms with Crippen molar-refractivity contribution in [3.05, 3.63) is 0 Å². The molecule has 0 radical (unpaired) electrons. The van der Waals surface area contributed by atoms with E-state index < -0.39 is 0 Å². The molecule has 0 aromatic carbocycles. The zero-order valence-electron chi connectivity index (χ0n) is 10.8. The molecule has 2 N–H and O–H groups in total. The van der Waals surface area contributed by atoms with E-state index in [1.165, 1.54) is 42.9 Å². The molecule has 2 aliphatic rings. The molecule has 2 aliphatic heterocycles. The monoisotopic (exact) mass is 275 g/mol. The van der Waals surface area contributed by atoms with Crippen LogP contribution in [0.2, 0.25) is 0 Å². The van der Waals surface area contributed by atoms with E-state index in [4.69, 9.17) is 10.5 Å². The predicted octanol–water partition coefficient (Wildman–Crippen LogP) is 2.76. The van der Waals surface area contributed by atoms with Gasteiger partial charge in [0.15, 0.2) is 0 Å². The molecule has 2 heterocycles. The molecule has 2 atom stereocenters. The maximum absolute atomic E-state index is 6.35. The Hall–Kier alpha value is 0.620. The number of thioether (sulfide) groups is 2. The van der Waals surface area contributed by atoms with Crippen molar-refractivity contribution in [3.63, 3.8) is 0 Å². The first-order chi connectivity index (χ1) is 8.26. The summed E-state index contributed by atoms with van der Waals surface area (Å²) in [4.78, 5) is 0. The van der Waals surface area contributed by atoms with Gasteiger partial charge in [-0.1, -0.05) is 0 Å². The molecule has 2 unspecified atom stereocenters. The van der Waals surface area contributed by atoms with Crippen molar-refractivity contribution in [1.29, 1.82) is 0 Å². The predicted molar refractivity (Wildman–Crippen MR) is 78.9 cm³/mol. The number of hydrogen-bond acceptors (Lipinski definition) is 4. The molecule has 1 spiro atoms. The zero-order chi connectivity index (χ0) is 12.1. The van der Waals surface area contributed by atoms with E-state index in [-0.39, 0.29) is 5.60 Å². The molecule has 2 saturated heterocycles. The quantitative estimate of drug-likeness (QED) is 0.856. The Balaban J connectivity index is 1.87. The maximum Gasteiger partial charge on any atom is 0.0701 e. The van der Waals surface area contributed by atoms with Crippen LogP contribution in [0.3, 0.4) is 0 Å². The zero-order valence-corrected chi connectivity index (χ0v) is 12.5. The Kier molecular flexibility index (Phi) is 5.52. The van der Waals surface area contributed by atoms with Crippen LogP contribution in [0.15, 0.2) is 0 Å². The minimum absolute atomic E-state index is 0.200. The smallest absolute Gasteiger partial charge is 0.0701 e. The van der Waals surface area contributed by atoms with Gasteiger partial charge in [0.05, 0.1) is 5.60 Å². The van der Waals surface area contributed by atoms with Gasteiger partial charge < -0.3 is 10.5 Å². The summed E-state index contributed by atoms with van der Waals surface area (Å²) < 4.78 is 6.12. The molecule has 0 aliphatic carbocycles. The molecule has 4 heteroatoms. The minimum Gasteiger partial charge on any atom is -0.375 e. The van der Waals surface area contributed by atoms with Crippen molar-refractivity contribution in [2.45, 2.75) is 43.7 Å². The van der Waals surface area contributed by atoms with Crippen LogP contribution >= 0.6 is 23.5 Å². The van der Waals surface area contributed by atoms with Crippen LogP contribution in [0.5, 0.6) is 0 Å². The Bertz CT molecular complexity index is 226. The van der Waals surface area contributed by atoms with Crippen molar-refractivity contribution in [3.8, 4) is 0 Å². The third-order valence-corrected chi connectivity index (χ3v) is 5.83. The topological polar surface area (TPSA) is 35.2 Å². The molecular weight excluding hydrogens is 250 g/mol. The van der Waals surface area contributed by atoms with Crippen LogP contribution in [0, 0.1) is 5.92 Å². The van der Waals surface area contributed by atoms with E-state index in [1.807, 2.05) is 11.8 Å². The average molecular weight is 275 g/mol. The van der Waals surface area contributed by atoms with E-state index in [2.05, 4.69) is 18.0 Å². The molecule has 0 saturated carbocycles. The van der Waals surface area contributed by atoms with Crippen molar-refractivity contribution >= 4 is 23.5 Å². The van der Waals surface area contributed by atoms with Gasteiger partial charge in [0.2, 0.25) is 0 Å². The highest BCUT2D eigenvalue weighted by atomic mass is 32.2. The highest BCUT2D eigenvalue weighted by Crippen LogP contribution is 2.40. The van der Waals surface area contributed by atoms with Gasteiger partial charge in [0.25, 0.3) is 0 Å². The molecule has 2 nitrogen and oxygen atoms in total.